The average molecular weight is 251 g/mol. The molecule has 1 rings (SSSR count). The molecule has 1 aromatic heterocycles. The molecule has 0 aliphatic heterocycles. The number of nitrogens with two attached hydrogens (primary N) is 1. The van der Waals surface area contributed by atoms with Crippen LogP contribution in [0.5, 0.6) is 0 Å². The Labute approximate surface area is 109 Å². The molecule has 3 nitrogen and oxygen atoms in total. The topological polar surface area (TPSA) is 50.9 Å². The van der Waals surface area contributed by atoms with Crippen molar-refractivity contribution < 1.29 is 0 Å². The van der Waals surface area contributed by atoms with Crippen LogP contribution in [0.3, 0.4) is 0 Å². The second kappa shape index (κ2) is 6.55. The van der Waals surface area contributed by atoms with Crippen LogP contribution in [0.1, 0.15) is 39.2 Å². The summed E-state index contributed by atoms with van der Waals surface area (Å²) in [7, 11) is 0. The average Bonchev–Trinajstić information content (AvgIpc) is 2.26. The minimum absolute atomic E-state index is 0.408. The lowest BCUT2D eigenvalue weighted by Gasteiger charge is -2.16. The second-order valence-electron chi connectivity index (χ2n) is 4.81. The lowest BCUT2D eigenvalue weighted by atomic mass is 10.0. The van der Waals surface area contributed by atoms with Gasteiger partial charge in [-0.15, -0.1) is 0 Å². The predicted octanol–water partition coefficient (Wildman–Crippen LogP) is 2.95. The van der Waals surface area contributed by atoms with E-state index in [2.05, 4.69) is 31.1 Å². The molecule has 1 unspecified atom stereocenters. The van der Waals surface area contributed by atoms with E-state index in [1.807, 2.05) is 12.1 Å². The Kier molecular flexibility index (Phi) is 5.35. The molecule has 0 radical (unpaired) electrons. The molecule has 0 saturated carbocycles. The summed E-state index contributed by atoms with van der Waals surface area (Å²) >= 11 is 4.94. The Morgan fingerprint density at radius 3 is 2.71 bits per heavy atom. The zero-order valence-electron chi connectivity index (χ0n) is 10.7. The number of hydrogen-bond acceptors (Lipinski definition) is 3. The molecule has 0 amide bonds. The van der Waals surface area contributed by atoms with E-state index >= 15 is 0 Å². The molecule has 0 aliphatic carbocycles. The van der Waals surface area contributed by atoms with Crippen LogP contribution >= 0.6 is 12.2 Å². The van der Waals surface area contributed by atoms with Crippen LogP contribution in [-0.4, -0.2) is 16.0 Å². The summed E-state index contributed by atoms with van der Waals surface area (Å²) in [5.74, 6) is 1.57. The number of hydrogen-bond donors (Lipinski definition) is 2. The summed E-state index contributed by atoms with van der Waals surface area (Å²) < 4.78 is 0. The number of aromatic nitrogens is 1. The summed E-state index contributed by atoms with van der Waals surface area (Å²) in [5.41, 5.74) is 6.44. The maximum atomic E-state index is 5.59. The largest absolute Gasteiger partial charge is 0.389 e. The first-order chi connectivity index (χ1) is 7.99. The van der Waals surface area contributed by atoms with Crippen molar-refractivity contribution in [2.24, 2.45) is 11.7 Å². The highest BCUT2D eigenvalue weighted by Gasteiger charge is 2.05. The zero-order chi connectivity index (χ0) is 12.8. The highest BCUT2D eigenvalue weighted by atomic mass is 32.1. The summed E-state index contributed by atoms with van der Waals surface area (Å²) in [4.78, 5) is 4.67. The van der Waals surface area contributed by atoms with E-state index in [4.69, 9.17) is 18.0 Å². The van der Waals surface area contributed by atoms with Crippen molar-refractivity contribution >= 4 is 23.0 Å². The van der Waals surface area contributed by atoms with Crippen LogP contribution in [0.2, 0.25) is 0 Å². The number of pyridine rings is 1. The van der Waals surface area contributed by atoms with E-state index in [1.165, 1.54) is 6.42 Å². The van der Waals surface area contributed by atoms with E-state index < -0.39 is 0 Å². The van der Waals surface area contributed by atoms with Gasteiger partial charge in [0.05, 0.1) is 0 Å². The Morgan fingerprint density at radius 1 is 1.41 bits per heavy atom. The Balaban J connectivity index is 2.56. The van der Waals surface area contributed by atoms with Gasteiger partial charge in [-0.05, 0) is 37.8 Å². The van der Waals surface area contributed by atoms with Crippen molar-refractivity contribution in [2.75, 3.05) is 5.32 Å². The molecule has 94 valence electrons. The molecular weight excluding hydrogens is 230 g/mol. The minimum atomic E-state index is 0.408. The molecule has 3 N–H and O–H groups in total. The van der Waals surface area contributed by atoms with Gasteiger partial charge in [0.2, 0.25) is 0 Å². The Morgan fingerprint density at radius 2 is 2.12 bits per heavy atom. The quantitative estimate of drug-likeness (QED) is 0.763. The molecule has 4 heteroatoms. The van der Waals surface area contributed by atoms with Crippen LogP contribution in [0, 0.1) is 5.92 Å². The van der Waals surface area contributed by atoms with Crippen molar-refractivity contribution in [1.29, 1.82) is 0 Å². The first-order valence-corrected chi connectivity index (χ1v) is 6.42. The highest BCUT2D eigenvalue weighted by Crippen LogP contribution is 2.12. The maximum absolute atomic E-state index is 5.59. The van der Waals surface area contributed by atoms with Gasteiger partial charge in [-0.3, -0.25) is 0 Å². The third-order valence-corrected chi connectivity index (χ3v) is 2.85. The van der Waals surface area contributed by atoms with E-state index in [-0.39, 0.29) is 0 Å². The van der Waals surface area contributed by atoms with Crippen molar-refractivity contribution in [2.45, 2.75) is 39.7 Å². The summed E-state index contributed by atoms with van der Waals surface area (Å²) in [5, 5.41) is 3.37. The molecule has 0 aliphatic rings. The molecule has 17 heavy (non-hydrogen) atoms. The van der Waals surface area contributed by atoms with Crippen molar-refractivity contribution in [3.8, 4) is 0 Å². The number of nitrogens with one attached hydrogen (secondary N) is 1. The fraction of sp³-hybridized carbons (Fsp3) is 0.538. The normalized spacial score (nSPS) is 12.5. The maximum Gasteiger partial charge on any atom is 0.126 e. The van der Waals surface area contributed by atoms with Crippen LogP contribution in [0.25, 0.3) is 0 Å². The lowest BCUT2D eigenvalue weighted by Crippen LogP contribution is -2.17. The van der Waals surface area contributed by atoms with Crippen LogP contribution < -0.4 is 11.1 Å². The number of rotatable bonds is 6. The summed E-state index contributed by atoms with van der Waals surface area (Å²) in [6.07, 6.45) is 4.08. The second-order valence-corrected chi connectivity index (χ2v) is 5.25. The van der Waals surface area contributed by atoms with Gasteiger partial charge in [0.1, 0.15) is 10.8 Å². The molecule has 1 aromatic rings. The van der Waals surface area contributed by atoms with Crippen molar-refractivity contribution in [3.05, 3.63) is 23.9 Å². The number of anilines is 1. The van der Waals surface area contributed by atoms with Crippen LogP contribution in [0.15, 0.2) is 18.3 Å². The minimum Gasteiger partial charge on any atom is -0.389 e. The number of thiocarbonyl (C=S) groups is 1. The van der Waals surface area contributed by atoms with Gasteiger partial charge in [-0.1, -0.05) is 26.1 Å². The fourth-order valence-electron chi connectivity index (χ4n) is 1.57. The van der Waals surface area contributed by atoms with Gasteiger partial charge < -0.3 is 11.1 Å². The smallest absolute Gasteiger partial charge is 0.126 e. The zero-order valence-corrected chi connectivity index (χ0v) is 11.6. The fourth-order valence-corrected chi connectivity index (χ4v) is 1.70. The van der Waals surface area contributed by atoms with Gasteiger partial charge >= 0.3 is 0 Å². The van der Waals surface area contributed by atoms with E-state index in [0.717, 1.165) is 23.7 Å². The Bertz CT molecular complexity index is 377. The predicted molar refractivity (Wildman–Crippen MR) is 77.3 cm³/mol. The standard InChI is InChI=1S/C13H21N3S/c1-9(2)4-5-10(3)16-12-8-11(13(14)17)6-7-15-12/h6-10H,4-5H2,1-3H3,(H2,14,17)(H,15,16). The van der Waals surface area contributed by atoms with Crippen LogP contribution in [0.4, 0.5) is 5.82 Å². The first-order valence-electron chi connectivity index (χ1n) is 6.01. The molecule has 0 aromatic carbocycles. The van der Waals surface area contributed by atoms with Gasteiger partial charge in [-0.25, -0.2) is 4.98 Å². The molecule has 0 saturated heterocycles. The van der Waals surface area contributed by atoms with E-state index in [9.17, 15) is 0 Å². The van der Waals surface area contributed by atoms with Gasteiger partial charge in [0.15, 0.2) is 0 Å². The molecule has 0 spiro atoms. The van der Waals surface area contributed by atoms with Gasteiger partial charge in [0, 0.05) is 17.8 Å². The monoisotopic (exact) mass is 251 g/mol. The molecular formula is C13H21N3S. The van der Waals surface area contributed by atoms with Gasteiger partial charge in [0.25, 0.3) is 0 Å². The van der Waals surface area contributed by atoms with Crippen LogP contribution in [-0.2, 0) is 0 Å². The highest BCUT2D eigenvalue weighted by molar-refractivity contribution is 7.80. The molecule has 1 heterocycles. The third-order valence-electron chi connectivity index (χ3n) is 2.62. The van der Waals surface area contributed by atoms with Crippen molar-refractivity contribution in [1.82, 2.24) is 4.98 Å². The molecule has 1 atom stereocenters. The SMILES string of the molecule is CC(C)CCC(C)Nc1cc(C(N)=S)ccn1. The Hall–Kier alpha value is -1.16. The number of nitrogens with zero attached hydrogens (tertiary/aromatic N) is 1. The summed E-state index contributed by atoms with van der Waals surface area (Å²) in [6, 6.07) is 4.13. The van der Waals surface area contributed by atoms with E-state index in [1.54, 1.807) is 6.20 Å². The van der Waals surface area contributed by atoms with Crippen molar-refractivity contribution in [3.63, 3.8) is 0 Å². The first kappa shape index (κ1) is 13.9. The third kappa shape index (κ3) is 5.13. The molecule has 0 fully saturated rings. The lowest BCUT2D eigenvalue weighted by molar-refractivity contribution is 0.527. The summed E-state index contributed by atoms with van der Waals surface area (Å²) in [6.45, 7) is 6.63. The van der Waals surface area contributed by atoms with E-state index in [0.29, 0.717) is 11.0 Å². The molecule has 0 bridgehead atoms. The van der Waals surface area contributed by atoms with Gasteiger partial charge in [-0.2, -0.15) is 0 Å².